The fraction of sp³-hybridized carbons (Fsp3) is 0.368. The maximum absolute atomic E-state index is 11.3. The van der Waals surface area contributed by atoms with E-state index in [2.05, 4.69) is 41.8 Å². The minimum Gasteiger partial charge on any atom is -0.369 e. The summed E-state index contributed by atoms with van der Waals surface area (Å²) in [7, 11) is -3.63. The van der Waals surface area contributed by atoms with Gasteiger partial charge in [0.15, 0.2) is 0 Å². The second-order valence-electron chi connectivity index (χ2n) is 6.73. The van der Waals surface area contributed by atoms with Crippen LogP contribution in [-0.2, 0) is 16.6 Å². The highest BCUT2D eigenvalue weighted by molar-refractivity contribution is 7.89. The molecule has 6 heteroatoms. The van der Waals surface area contributed by atoms with Crippen LogP contribution >= 0.6 is 0 Å². The number of anilines is 1. The van der Waals surface area contributed by atoms with Crippen LogP contribution in [0.2, 0.25) is 0 Å². The zero-order valence-corrected chi connectivity index (χ0v) is 15.6. The Bertz CT molecular complexity index is 839. The average molecular weight is 359 g/mol. The first-order chi connectivity index (χ1) is 11.8. The van der Waals surface area contributed by atoms with E-state index in [-0.39, 0.29) is 4.90 Å². The van der Waals surface area contributed by atoms with Gasteiger partial charge in [0.1, 0.15) is 0 Å². The van der Waals surface area contributed by atoms with Crippen molar-refractivity contribution in [2.45, 2.75) is 25.3 Å². The van der Waals surface area contributed by atoms with E-state index in [9.17, 15) is 8.42 Å². The molecule has 1 saturated heterocycles. The summed E-state index contributed by atoms with van der Waals surface area (Å²) in [5, 5.41) is 5.15. The molecule has 0 spiro atoms. The number of nitrogens with zero attached hydrogens (tertiary/aromatic N) is 2. The average Bonchev–Trinajstić information content (AvgIpc) is 2.58. The van der Waals surface area contributed by atoms with Crippen molar-refractivity contribution in [3.05, 3.63) is 59.2 Å². The summed E-state index contributed by atoms with van der Waals surface area (Å²) in [6.07, 6.45) is 0. The van der Waals surface area contributed by atoms with Crippen LogP contribution in [0.25, 0.3) is 0 Å². The molecule has 2 aromatic carbocycles. The molecule has 5 nitrogen and oxygen atoms in total. The maximum Gasteiger partial charge on any atom is 0.238 e. The highest BCUT2D eigenvalue weighted by Crippen LogP contribution is 2.20. The first-order valence-corrected chi connectivity index (χ1v) is 10.0. The quantitative estimate of drug-likeness (QED) is 0.909. The molecule has 1 aliphatic heterocycles. The molecule has 3 rings (SSSR count). The first kappa shape index (κ1) is 17.9. The van der Waals surface area contributed by atoms with Gasteiger partial charge in [0.2, 0.25) is 10.0 Å². The van der Waals surface area contributed by atoms with Crippen LogP contribution in [0.15, 0.2) is 47.4 Å². The molecule has 0 bridgehead atoms. The highest BCUT2D eigenvalue weighted by atomic mass is 32.2. The fourth-order valence-corrected chi connectivity index (χ4v) is 3.74. The van der Waals surface area contributed by atoms with Gasteiger partial charge in [0.25, 0.3) is 0 Å². The molecular formula is C19H25N3O2S. The van der Waals surface area contributed by atoms with Gasteiger partial charge in [0.05, 0.1) is 4.90 Å². The summed E-state index contributed by atoms with van der Waals surface area (Å²) in [6, 6.07) is 13.4. The Morgan fingerprint density at radius 1 is 0.960 bits per heavy atom. The summed E-state index contributed by atoms with van der Waals surface area (Å²) in [5.41, 5.74) is 5.07. The van der Waals surface area contributed by atoms with Gasteiger partial charge in [-0.3, -0.25) is 4.90 Å². The van der Waals surface area contributed by atoms with E-state index in [0.717, 1.165) is 38.4 Å². The number of sulfonamides is 1. The third-order valence-corrected chi connectivity index (χ3v) is 5.73. The summed E-state index contributed by atoms with van der Waals surface area (Å²) >= 11 is 0. The molecule has 0 radical (unpaired) electrons. The van der Waals surface area contributed by atoms with E-state index < -0.39 is 10.0 Å². The SMILES string of the molecule is Cc1ccc(C)c(CN2CCN(c3ccc(S(N)(=O)=O)cc3)CC2)c1. The zero-order chi connectivity index (χ0) is 18.0. The molecular weight excluding hydrogens is 334 g/mol. The van der Waals surface area contributed by atoms with Crippen molar-refractivity contribution in [2.75, 3.05) is 31.1 Å². The number of rotatable bonds is 4. The number of piperazine rings is 1. The van der Waals surface area contributed by atoms with Gasteiger partial charge in [-0.1, -0.05) is 23.8 Å². The summed E-state index contributed by atoms with van der Waals surface area (Å²) in [6.45, 7) is 9.11. The Hall–Kier alpha value is -1.89. The predicted molar refractivity (Wildman–Crippen MR) is 101 cm³/mol. The van der Waals surface area contributed by atoms with E-state index in [1.54, 1.807) is 12.1 Å². The van der Waals surface area contributed by atoms with Gasteiger partial charge in [-0.25, -0.2) is 13.6 Å². The van der Waals surface area contributed by atoms with Crippen LogP contribution in [0.4, 0.5) is 5.69 Å². The van der Waals surface area contributed by atoms with Crippen molar-refractivity contribution in [2.24, 2.45) is 5.14 Å². The van der Waals surface area contributed by atoms with Gasteiger partial charge < -0.3 is 4.90 Å². The van der Waals surface area contributed by atoms with Crippen molar-refractivity contribution in [1.82, 2.24) is 4.90 Å². The largest absolute Gasteiger partial charge is 0.369 e. The molecule has 0 saturated carbocycles. The number of aryl methyl sites for hydroxylation is 2. The Morgan fingerprint density at radius 3 is 2.20 bits per heavy atom. The van der Waals surface area contributed by atoms with Gasteiger partial charge in [-0.15, -0.1) is 0 Å². The molecule has 134 valence electrons. The lowest BCUT2D eigenvalue weighted by Gasteiger charge is -2.36. The molecule has 0 unspecified atom stereocenters. The molecule has 2 N–H and O–H groups in total. The van der Waals surface area contributed by atoms with Crippen LogP contribution in [0.1, 0.15) is 16.7 Å². The number of primary sulfonamides is 1. The van der Waals surface area contributed by atoms with Gasteiger partial charge >= 0.3 is 0 Å². The molecule has 1 heterocycles. The normalized spacial score (nSPS) is 16.2. The van der Waals surface area contributed by atoms with E-state index in [0.29, 0.717) is 0 Å². The monoisotopic (exact) mass is 359 g/mol. The van der Waals surface area contributed by atoms with E-state index in [4.69, 9.17) is 5.14 Å². The Kier molecular flexibility index (Phi) is 5.13. The fourth-order valence-electron chi connectivity index (χ4n) is 3.22. The van der Waals surface area contributed by atoms with Crippen molar-refractivity contribution >= 4 is 15.7 Å². The number of benzene rings is 2. The third kappa shape index (κ3) is 4.39. The van der Waals surface area contributed by atoms with E-state index >= 15 is 0 Å². The van der Waals surface area contributed by atoms with Crippen molar-refractivity contribution in [3.8, 4) is 0 Å². The topological polar surface area (TPSA) is 66.6 Å². The molecule has 0 aromatic heterocycles. The molecule has 1 aliphatic rings. The van der Waals surface area contributed by atoms with Crippen LogP contribution in [0, 0.1) is 13.8 Å². The molecule has 1 fully saturated rings. The smallest absolute Gasteiger partial charge is 0.238 e. The van der Waals surface area contributed by atoms with Crippen molar-refractivity contribution in [1.29, 1.82) is 0 Å². The predicted octanol–water partition coefficient (Wildman–Crippen LogP) is 2.27. The van der Waals surface area contributed by atoms with E-state index in [1.165, 1.54) is 16.7 Å². The van der Waals surface area contributed by atoms with Gasteiger partial charge in [0, 0.05) is 38.4 Å². The molecule has 0 amide bonds. The second kappa shape index (κ2) is 7.15. The lowest BCUT2D eigenvalue weighted by Crippen LogP contribution is -2.46. The van der Waals surface area contributed by atoms with E-state index in [1.807, 2.05) is 12.1 Å². The van der Waals surface area contributed by atoms with Crippen LogP contribution in [0.5, 0.6) is 0 Å². The summed E-state index contributed by atoms with van der Waals surface area (Å²) in [4.78, 5) is 4.91. The minimum atomic E-state index is -3.63. The van der Waals surface area contributed by atoms with Crippen molar-refractivity contribution in [3.63, 3.8) is 0 Å². The molecule has 2 aromatic rings. The maximum atomic E-state index is 11.3. The standard InChI is InChI=1S/C19H25N3O2S/c1-15-3-4-16(2)17(13-15)14-21-9-11-22(12-10-21)18-5-7-19(8-6-18)25(20,23)24/h3-8,13H,9-12,14H2,1-2H3,(H2,20,23,24). The molecule has 25 heavy (non-hydrogen) atoms. The number of hydrogen-bond donors (Lipinski definition) is 1. The minimum absolute atomic E-state index is 0.157. The Morgan fingerprint density at radius 2 is 1.60 bits per heavy atom. The van der Waals surface area contributed by atoms with Gasteiger partial charge in [-0.05, 0) is 49.2 Å². The first-order valence-electron chi connectivity index (χ1n) is 8.49. The highest BCUT2D eigenvalue weighted by Gasteiger charge is 2.18. The molecule has 0 aliphatic carbocycles. The Balaban J connectivity index is 1.61. The summed E-state index contributed by atoms with van der Waals surface area (Å²) in [5.74, 6) is 0. The lowest BCUT2D eigenvalue weighted by atomic mass is 10.0. The number of hydrogen-bond acceptors (Lipinski definition) is 4. The summed E-state index contributed by atoms with van der Waals surface area (Å²) < 4.78 is 22.7. The Labute approximate surface area is 150 Å². The lowest BCUT2D eigenvalue weighted by molar-refractivity contribution is 0.249. The van der Waals surface area contributed by atoms with Crippen molar-refractivity contribution < 1.29 is 8.42 Å². The molecule has 0 atom stereocenters. The van der Waals surface area contributed by atoms with Crippen LogP contribution in [0.3, 0.4) is 0 Å². The third-order valence-electron chi connectivity index (χ3n) is 4.80. The zero-order valence-electron chi connectivity index (χ0n) is 14.8. The van der Waals surface area contributed by atoms with Crippen LogP contribution < -0.4 is 10.0 Å². The van der Waals surface area contributed by atoms with Crippen LogP contribution in [-0.4, -0.2) is 39.5 Å². The van der Waals surface area contributed by atoms with Gasteiger partial charge in [-0.2, -0.15) is 0 Å². The number of nitrogens with two attached hydrogens (primary N) is 1. The second-order valence-corrected chi connectivity index (χ2v) is 8.29.